The molecule has 140 valence electrons. The number of carboxylic acid groups (broad SMARTS) is 1. The van der Waals surface area contributed by atoms with Crippen LogP contribution in [0.3, 0.4) is 0 Å². The van der Waals surface area contributed by atoms with E-state index in [2.05, 4.69) is 20.4 Å². The van der Waals surface area contributed by atoms with Crippen LogP contribution in [-0.2, 0) is 6.54 Å². The summed E-state index contributed by atoms with van der Waals surface area (Å²) in [6, 6.07) is 12.8. The van der Waals surface area contributed by atoms with E-state index in [1.54, 1.807) is 12.1 Å². The molecule has 0 bridgehead atoms. The Labute approximate surface area is 158 Å². The number of hydrogen-bond acceptors (Lipinski definition) is 6. The number of aromatic amines is 1. The molecule has 0 fully saturated rings. The van der Waals surface area contributed by atoms with E-state index in [1.165, 1.54) is 17.1 Å². The highest BCUT2D eigenvalue weighted by atomic mass is 16.4. The maximum absolute atomic E-state index is 12.5. The summed E-state index contributed by atoms with van der Waals surface area (Å²) < 4.78 is 1.22. The van der Waals surface area contributed by atoms with Crippen LogP contribution in [-0.4, -0.2) is 30.8 Å². The molecule has 9 heteroatoms. The summed E-state index contributed by atoms with van der Waals surface area (Å²) in [5.41, 5.74) is 8.46. The van der Waals surface area contributed by atoms with Crippen LogP contribution in [0.1, 0.15) is 15.9 Å². The van der Waals surface area contributed by atoms with Crippen LogP contribution in [0.2, 0.25) is 0 Å². The molecule has 0 aliphatic rings. The topological polar surface area (TPSA) is 139 Å². The van der Waals surface area contributed by atoms with E-state index in [0.29, 0.717) is 23.1 Å². The number of nitrogens with zero attached hydrogens (tertiary/aromatic N) is 3. The van der Waals surface area contributed by atoms with Gasteiger partial charge in [-0.3, -0.25) is 9.78 Å². The highest BCUT2D eigenvalue weighted by molar-refractivity contribution is 5.87. The van der Waals surface area contributed by atoms with E-state index in [1.807, 2.05) is 30.3 Å². The third-order valence-electron chi connectivity index (χ3n) is 4.28. The van der Waals surface area contributed by atoms with E-state index in [0.717, 1.165) is 11.3 Å². The molecule has 0 amide bonds. The van der Waals surface area contributed by atoms with Crippen molar-refractivity contribution in [2.24, 2.45) is 0 Å². The van der Waals surface area contributed by atoms with E-state index in [4.69, 9.17) is 10.8 Å². The molecule has 4 aromatic rings. The third-order valence-corrected chi connectivity index (χ3v) is 4.28. The largest absolute Gasteiger partial charge is 0.478 e. The summed E-state index contributed by atoms with van der Waals surface area (Å²) >= 11 is 0. The lowest BCUT2D eigenvalue weighted by molar-refractivity contribution is 0.0697. The van der Waals surface area contributed by atoms with Gasteiger partial charge in [-0.1, -0.05) is 18.2 Å². The third kappa shape index (κ3) is 3.28. The number of carboxylic acids is 1. The van der Waals surface area contributed by atoms with Gasteiger partial charge in [0.15, 0.2) is 0 Å². The quantitative estimate of drug-likeness (QED) is 0.391. The van der Waals surface area contributed by atoms with Gasteiger partial charge in [0.1, 0.15) is 0 Å². The normalized spacial score (nSPS) is 10.9. The SMILES string of the molecule is Nc1ccccc1CNc1ccc2nc(-n3cc(C(=O)O)cn3)[nH]c(=O)c2c1. The Morgan fingerprint density at radius 3 is 2.82 bits per heavy atom. The van der Waals surface area contributed by atoms with Gasteiger partial charge in [0.05, 0.1) is 22.7 Å². The lowest BCUT2D eigenvalue weighted by Gasteiger charge is -2.10. The van der Waals surface area contributed by atoms with E-state index >= 15 is 0 Å². The zero-order valence-corrected chi connectivity index (χ0v) is 14.6. The number of aromatic carboxylic acids is 1. The van der Waals surface area contributed by atoms with Crippen molar-refractivity contribution < 1.29 is 9.90 Å². The van der Waals surface area contributed by atoms with Crippen molar-refractivity contribution in [2.75, 3.05) is 11.1 Å². The number of aromatic nitrogens is 4. The van der Waals surface area contributed by atoms with Gasteiger partial charge in [0.25, 0.3) is 5.56 Å². The average molecular weight is 376 g/mol. The lowest BCUT2D eigenvalue weighted by Crippen LogP contribution is -2.14. The molecule has 2 heterocycles. The molecule has 4 rings (SSSR count). The van der Waals surface area contributed by atoms with Crippen LogP contribution >= 0.6 is 0 Å². The molecular formula is C19H16N6O3. The highest BCUT2D eigenvalue weighted by Crippen LogP contribution is 2.18. The van der Waals surface area contributed by atoms with Crippen molar-refractivity contribution in [3.63, 3.8) is 0 Å². The molecule has 0 aliphatic carbocycles. The van der Waals surface area contributed by atoms with Crippen molar-refractivity contribution in [2.45, 2.75) is 6.54 Å². The first kappa shape index (κ1) is 17.3. The fraction of sp³-hybridized carbons (Fsp3) is 0.0526. The Bertz CT molecular complexity index is 1240. The number of anilines is 2. The predicted octanol–water partition coefficient (Wildman–Crippen LogP) is 2.00. The fourth-order valence-corrected chi connectivity index (χ4v) is 2.79. The maximum atomic E-state index is 12.5. The number of nitrogens with one attached hydrogen (secondary N) is 2. The van der Waals surface area contributed by atoms with Gasteiger partial charge in [-0.25, -0.2) is 14.5 Å². The first-order valence-corrected chi connectivity index (χ1v) is 8.41. The number of carbonyl (C=O) groups is 1. The molecule has 2 aromatic carbocycles. The monoisotopic (exact) mass is 376 g/mol. The Morgan fingerprint density at radius 1 is 1.25 bits per heavy atom. The van der Waals surface area contributed by atoms with Crippen LogP contribution < -0.4 is 16.6 Å². The number of fused-ring (bicyclic) bond motifs is 1. The van der Waals surface area contributed by atoms with Gasteiger partial charge < -0.3 is 16.2 Å². The summed E-state index contributed by atoms with van der Waals surface area (Å²) in [7, 11) is 0. The maximum Gasteiger partial charge on any atom is 0.338 e. The first-order valence-electron chi connectivity index (χ1n) is 8.41. The number of nitrogen functional groups attached to an aromatic ring is 1. The Morgan fingerprint density at radius 2 is 2.07 bits per heavy atom. The average Bonchev–Trinajstić information content (AvgIpc) is 3.18. The molecule has 0 saturated heterocycles. The van der Waals surface area contributed by atoms with Crippen molar-refractivity contribution >= 4 is 28.2 Å². The Hall–Kier alpha value is -4.14. The standard InChI is InChI=1S/C19H16N6O3/c20-15-4-2-1-3-11(15)8-21-13-5-6-16-14(7-13)17(26)24-19(23-16)25-10-12(9-22-25)18(27)28/h1-7,9-10,21H,8,20H2,(H,27,28)(H,23,24,26). The number of H-pyrrole nitrogens is 1. The zero-order chi connectivity index (χ0) is 19.7. The Kier molecular flexibility index (Phi) is 4.24. The van der Waals surface area contributed by atoms with Gasteiger partial charge in [0, 0.05) is 24.1 Å². The van der Waals surface area contributed by atoms with Crippen LogP contribution in [0.4, 0.5) is 11.4 Å². The number of benzene rings is 2. The number of hydrogen-bond donors (Lipinski definition) is 4. The van der Waals surface area contributed by atoms with Gasteiger partial charge in [0.2, 0.25) is 5.95 Å². The van der Waals surface area contributed by atoms with E-state index in [-0.39, 0.29) is 17.1 Å². The molecule has 0 radical (unpaired) electrons. The highest BCUT2D eigenvalue weighted by Gasteiger charge is 2.11. The van der Waals surface area contributed by atoms with Gasteiger partial charge >= 0.3 is 5.97 Å². The minimum absolute atomic E-state index is 0.00230. The van der Waals surface area contributed by atoms with Gasteiger partial charge in [-0.05, 0) is 29.8 Å². The summed E-state index contributed by atoms with van der Waals surface area (Å²) in [5, 5.41) is 16.6. The van der Waals surface area contributed by atoms with Crippen molar-refractivity contribution in [3.05, 3.63) is 76.3 Å². The molecule has 0 unspecified atom stereocenters. The van der Waals surface area contributed by atoms with Gasteiger partial charge in [-0.2, -0.15) is 5.10 Å². The van der Waals surface area contributed by atoms with E-state index in [9.17, 15) is 9.59 Å². The molecule has 0 spiro atoms. The fourth-order valence-electron chi connectivity index (χ4n) is 2.79. The molecule has 5 N–H and O–H groups in total. The van der Waals surface area contributed by atoms with Gasteiger partial charge in [-0.15, -0.1) is 0 Å². The molecule has 0 atom stereocenters. The van der Waals surface area contributed by atoms with Crippen LogP contribution in [0.5, 0.6) is 0 Å². The molecular weight excluding hydrogens is 360 g/mol. The van der Waals surface area contributed by atoms with Crippen LogP contribution in [0, 0.1) is 0 Å². The zero-order valence-electron chi connectivity index (χ0n) is 14.6. The van der Waals surface area contributed by atoms with E-state index < -0.39 is 5.97 Å². The van der Waals surface area contributed by atoms with Crippen molar-refractivity contribution in [1.82, 2.24) is 19.7 Å². The lowest BCUT2D eigenvalue weighted by atomic mass is 10.1. The van der Waals surface area contributed by atoms with Crippen molar-refractivity contribution in [1.29, 1.82) is 0 Å². The summed E-state index contributed by atoms with van der Waals surface area (Å²) in [4.78, 5) is 30.5. The molecule has 0 aliphatic heterocycles. The number of rotatable bonds is 5. The minimum Gasteiger partial charge on any atom is -0.478 e. The minimum atomic E-state index is -1.11. The molecule has 9 nitrogen and oxygen atoms in total. The van der Waals surface area contributed by atoms with Crippen molar-refractivity contribution in [3.8, 4) is 5.95 Å². The smallest absolute Gasteiger partial charge is 0.338 e. The second-order valence-electron chi connectivity index (χ2n) is 6.15. The molecule has 0 saturated carbocycles. The predicted molar refractivity (Wildman–Crippen MR) is 105 cm³/mol. The molecule has 2 aromatic heterocycles. The summed E-state index contributed by atoms with van der Waals surface area (Å²) in [5.74, 6) is -0.966. The number of para-hydroxylation sites is 1. The molecule has 28 heavy (non-hydrogen) atoms. The first-order chi connectivity index (χ1) is 13.5. The number of nitrogens with two attached hydrogens (primary N) is 1. The second-order valence-corrected chi connectivity index (χ2v) is 6.15. The van der Waals surface area contributed by atoms with Crippen LogP contribution in [0.25, 0.3) is 16.9 Å². The second kappa shape index (κ2) is 6.88. The summed E-state index contributed by atoms with van der Waals surface area (Å²) in [6.45, 7) is 0.521. The van der Waals surface area contributed by atoms with Crippen LogP contribution in [0.15, 0.2) is 59.7 Å². The summed E-state index contributed by atoms with van der Waals surface area (Å²) in [6.07, 6.45) is 2.47. The Balaban J connectivity index is 1.63.